The van der Waals surface area contributed by atoms with E-state index in [1.807, 2.05) is 37.4 Å². The summed E-state index contributed by atoms with van der Waals surface area (Å²) in [6.45, 7) is 4.54. The average molecular weight is 338 g/mol. The van der Waals surface area contributed by atoms with E-state index in [1.165, 1.54) is 22.5 Å². The van der Waals surface area contributed by atoms with E-state index in [-0.39, 0.29) is 5.91 Å². The van der Waals surface area contributed by atoms with Gasteiger partial charge in [0.15, 0.2) is 0 Å². The number of nitrogens with zero attached hydrogens (tertiary/aromatic N) is 1. The standard InChI is InChI=1S/C19H18N2O2S/c1-13-7-14(2)9-17(8-13)23-11-15-10-18(24-12-15)19(22)21-16-3-5-20-6-4-16/h3-10,12H,11H2,1-2H3,(H,20,21,22). The molecule has 0 aliphatic heterocycles. The number of pyridine rings is 1. The molecule has 0 radical (unpaired) electrons. The maximum Gasteiger partial charge on any atom is 0.265 e. The first kappa shape index (κ1) is 16.2. The number of hydrogen-bond acceptors (Lipinski definition) is 4. The number of ether oxygens (including phenoxy) is 1. The van der Waals surface area contributed by atoms with Crippen molar-refractivity contribution in [3.8, 4) is 5.75 Å². The number of aryl methyl sites for hydroxylation is 2. The van der Waals surface area contributed by atoms with Gasteiger partial charge in [0, 0.05) is 23.6 Å². The molecule has 0 aliphatic rings. The third-order valence-corrected chi connectivity index (χ3v) is 4.39. The maximum atomic E-state index is 12.2. The maximum absolute atomic E-state index is 12.2. The Balaban J connectivity index is 1.62. The molecule has 0 unspecified atom stereocenters. The monoisotopic (exact) mass is 338 g/mol. The Morgan fingerprint density at radius 2 is 1.83 bits per heavy atom. The summed E-state index contributed by atoms with van der Waals surface area (Å²) in [5.41, 5.74) is 4.07. The second kappa shape index (κ2) is 7.27. The van der Waals surface area contributed by atoms with Gasteiger partial charge in [0.1, 0.15) is 12.4 Å². The van der Waals surface area contributed by atoms with Crippen LogP contribution < -0.4 is 10.1 Å². The van der Waals surface area contributed by atoms with Crippen molar-refractivity contribution in [2.45, 2.75) is 20.5 Å². The van der Waals surface area contributed by atoms with Crippen LogP contribution in [-0.4, -0.2) is 10.9 Å². The van der Waals surface area contributed by atoms with Gasteiger partial charge in [0.2, 0.25) is 0 Å². The summed E-state index contributed by atoms with van der Waals surface area (Å²) in [4.78, 5) is 16.8. The van der Waals surface area contributed by atoms with Crippen LogP contribution in [0.15, 0.2) is 54.2 Å². The van der Waals surface area contributed by atoms with Crippen LogP contribution in [0.4, 0.5) is 5.69 Å². The van der Waals surface area contributed by atoms with Gasteiger partial charge in [-0.05, 0) is 60.7 Å². The first-order chi connectivity index (χ1) is 11.6. The first-order valence-electron chi connectivity index (χ1n) is 7.60. The van der Waals surface area contributed by atoms with Crippen LogP contribution in [-0.2, 0) is 6.61 Å². The fourth-order valence-electron chi connectivity index (χ4n) is 2.38. The molecule has 1 N–H and O–H groups in total. The highest BCUT2D eigenvalue weighted by Crippen LogP contribution is 2.21. The van der Waals surface area contributed by atoms with Gasteiger partial charge in [0.25, 0.3) is 5.91 Å². The molecule has 0 aliphatic carbocycles. The summed E-state index contributed by atoms with van der Waals surface area (Å²) in [5, 5.41) is 4.80. The van der Waals surface area contributed by atoms with Crippen LogP contribution >= 0.6 is 11.3 Å². The van der Waals surface area contributed by atoms with Crippen LogP contribution in [0.3, 0.4) is 0 Å². The van der Waals surface area contributed by atoms with Crippen molar-refractivity contribution in [2.24, 2.45) is 0 Å². The number of aromatic nitrogens is 1. The number of hydrogen-bond donors (Lipinski definition) is 1. The molecule has 3 rings (SSSR count). The average Bonchev–Trinajstić information content (AvgIpc) is 3.02. The highest BCUT2D eigenvalue weighted by atomic mass is 32.1. The highest BCUT2D eigenvalue weighted by Gasteiger charge is 2.10. The molecule has 122 valence electrons. The Morgan fingerprint density at radius 1 is 1.12 bits per heavy atom. The molecule has 4 nitrogen and oxygen atoms in total. The summed E-state index contributed by atoms with van der Waals surface area (Å²) >= 11 is 1.41. The molecule has 0 bridgehead atoms. The zero-order valence-corrected chi connectivity index (χ0v) is 14.4. The van der Waals surface area contributed by atoms with Crippen molar-refractivity contribution in [2.75, 3.05) is 5.32 Å². The Bertz CT molecular complexity index is 823. The Morgan fingerprint density at radius 3 is 2.54 bits per heavy atom. The molecule has 3 aromatic rings. The van der Waals surface area contributed by atoms with Gasteiger partial charge in [-0.15, -0.1) is 11.3 Å². The lowest BCUT2D eigenvalue weighted by atomic mass is 10.1. The van der Waals surface area contributed by atoms with E-state index in [1.54, 1.807) is 24.5 Å². The van der Waals surface area contributed by atoms with Crippen molar-refractivity contribution in [3.63, 3.8) is 0 Å². The first-order valence-corrected chi connectivity index (χ1v) is 8.48. The van der Waals surface area contributed by atoms with Crippen molar-refractivity contribution >= 4 is 22.9 Å². The third-order valence-electron chi connectivity index (χ3n) is 3.42. The molecule has 0 saturated carbocycles. The second-order valence-corrected chi connectivity index (χ2v) is 6.53. The Kier molecular flexibility index (Phi) is 4.91. The van der Waals surface area contributed by atoms with E-state index in [0.717, 1.165) is 17.0 Å². The van der Waals surface area contributed by atoms with Crippen LogP contribution in [0.1, 0.15) is 26.4 Å². The van der Waals surface area contributed by atoms with E-state index in [0.29, 0.717) is 11.5 Å². The summed E-state index contributed by atoms with van der Waals surface area (Å²) in [7, 11) is 0. The number of amides is 1. The normalized spacial score (nSPS) is 10.4. The minimum absolute atomic E-state index is 0.121. The Labute approximate surface area is 145 Å². The number of carbonyl (C=O) groups is 1. The zero-order valence-electron chi connectivity index (χ0n) is 13.6. The van der Waals surface area contributed by atoms with Gasteiger partial charge in [-0.3, -0.25) is 9.78 Å². The smallest absolute Gasteiger partial charge is 0.265 e. The molecule has 24 heavy (non-hydrogen) atoms. The van der Waals surface area contributed by atoms with Gasteiger partial charge in [0.05, 0.1) is 4.88 Å². The number of nitrogens with one attached hydrogen (secondary N) is 1. The van der Waals surface area contributed by atoms with Crippen LogP contribution in [0.5, 0.6) is 5.75 Å². The Hall–Kier alpha value is -2.66. The molecular weight excluding hydrogens is 320 g/mol. The molecule has 2 heterocycles. The van der Waals surface area contributed by atoms with Crippen LogP contribution in [0, 0.1) is 13.8 Å². The second-order valence-electron chi connectivity index (χ2n) is 5.62. The minimum Gasteiger partial charge on any atom is -0.489 e. The summed E-state index contributed by atoms with van der Waals surface area (Å²) < 4.78 is 5.83. The summed E-state index contributed by atoms with van der Waals surface area (Å²) in [6, 6.07) is 11.5. The molecule has 1 aromatic carbocycles. The quantitative estimate of drug-likeness (QED) is 0.740. The van der Waals surface area contributed by atoms with E-state index in [9.17, 15) is 4.79 Å². The fraction of sp³-hybridized carbons (Fsp3) is 0.158. The summed E-state index contributed by atoms with van der Waals surface area (Å²) in [5.74, 6) is 0.727. The minimum atomic E-state index is -0.121. The third kappa shape index (κ3) is 4.20. The predicted octanol–water partition coefficient (Wildman–Crippen LogP) is 4.59. The molecule has 0 saturated heterocycles. The fourth-order valence-corrected chi connectivity index (χ4v) is 3.17. The SMILES string of the molecule is Cc1cc(C)cc(OCc2csc(C(=O)Nc3ccncc3)c2)c1. The summed E-state index contributed by atoms with van der Waals surface area (Å²) in [6.07, 6.45) is 3.29. The molecule has 0 fully saturated rings. The van der Waals surface area contributed by atoms with Crippen molar-refractivity contribution in [1.82, 2.24) is 4.98 Å². The number of anilines is 1. The van der Waals surface area contributed by atoms with Crippen molar-refractivity contribution in [3.05, 3.63) is 75.7 Å². The topological polar surface area (TPSA) is 51.2 Å². The van der Waals surface area contributed by atoms with Crippen LogP contribution in [0.2, 0.25) is 0 Å². The number of carbonyl (C=O) groups excluding carboxylic acids is 1. The zero-order chi connectivity index (χ0) is 16.9. The van der Waals surface area contributed by atoms with E-state index >= 15 is 0 Å². The van der Waals surface area contributed by atoms with E-state index < -0.39 is 0 Å². The van der Waals surface area contributed by atoms with E-state index in [4.69, 9.17) is 4.74 Å². The van der Waals surface area contributed by atoms with Crippen LogP contribution in [0.25, 0.3) is 0 Å². The number of thiophene rings is 1. The lowest BCUT2D eigenvalue weighted by Crippen LogP contribution is -2.10. The molecule has 5 heteroatoms. The highest BCUT2D eigenvalue weighted by molar-refractivity contribution is 7.12. The van der Waals surface area contributed by atoms with E-state index in [2.05, 4.69) is 16.4 Å². The van der Waals surface area contributed by atoms with Crippen molar-refractivity contribution in [1.29, 1.82) is 0 Å². The van der Waals surface area contributed by atoms with Gasteiger partial charge < -0.3 is 10.1 Å². The van der Waals surface area contributed by atoms with Gasteiger partial charge >= 0.3 is 0 Å². The molecule has 2 aromatic heterocycles. The molecule has 0 spiro atoms. The van der Waals surface area contributed by atoms with Crippen molar-refractivity contribution < 1.29 is 9.53 Å². The molecule has 0 atom stereocenters. The van der Waals surface area contributed by atoms with Gasteiger partial charge in [-0.25, -0.2) is 0 Å². The van der Waals surface area contributed by atoms with Gasteiger partial charge in [-0.1, -0.05) is 6.07 Å². The number of rotatable bonds is 5. The molecule has 1 amide bonds. The lowest BCUT2D eigenvalue weighted by molar-refractivity contribution is 0.103. The van der Waals surface area contributed by atoms with Gasteiger partial charge in [-0.2, -0.15) is 0 Å². The number of benzene rings is 1. The largest absolute Gasteiger partial charge is 0.489 e. The lowest BCUT2D eigenvalue weighted by Gasteiger charge is -2.07. The molecular formula is C19H18N2O2S. The predicted molar refractivity (Wildman–Crippen MR) is 96.8 cm³/mol.